The number of carboxylic acid groups (broad SMARTS) is 1. The lowest BCUT2D eigenvalue weighted by molar-refractivity contribution is -0.117. The van der Waals surface area contributed by atoms with Crippen LogP contribution in [0.25, 0.3) is 0 Å². The molecule has 2 heterocycles. The number of aromatic carboxylic acids is 1. The van der Waals surface area contributed by atoms with Crippen molar-refractivity contribution < 1.29 is 14.7 Å². The van der Waals surface area contributed by atoms with Gasteiger partial charge in [0, 0.05) is 31.3 Å². The lowest BCUT2D eigenvalue weighted by Gasteiger charge is -2.15. The summed E-state index contributed by atoms with van der Waals surface area (Å²) in [6.45, 7) is 0.286. The van der Waals surface area contributed by atoms with E-state index in [1.54, 1.807) is 0 Å². The number of carboxylic acids is 1. The third kappa shape index (κ3) is 1.95. The van der Waals surface area contributed by atoms with Crippen molar-refractivity contribution in [2.75, 3.05) is 11.4 Å². The molecule has 1 amide bonds. The summed E-state index contributed by atoms with van der Waals surface area (Å²) >= 11 is 0. The van der Waals surface area contributed by atoms with Crippen LogP contribution in [-0.4, -0.2) is 33.5 Å². The van der Waals surface area contributed by atoms with Gasteiger partial charge >= 0.3 is 5.97 Å². The van der Waals surface area contributed by atoms with Crippen molar-refractivity contribution in [3.8, 4) is 12.3 Å². The van der Waals surface area contributed by atoms with Gasteiger partial charge in [-0.1, -0.05) is 0 Å². The summed E-state index contributed by atoms with van der Waals surface area (Å²) in [7, 11) is 0. The van der Waals surface area contributed by atoms with Gasteiger partial charge in [-0.25, -0.2) is 14.8 Å². The predicted molar refractivity (Wildman–Crippen MR) is 58.3 cm³/mol. The number of rotatable bonds is 2. The highest BCUT2D eigenvalue weighted by molar-refractivity contribution is 6.00. The Balaban J connectivity index is 2.39. The maximum atomic E-state index is 11.7. The van der Waals surface area contributed by atoms with Crippen LogP contribution in [0.1, 0.15) is 16.9 Å². The number of amides is 1. The van der Waals surface area contributed by atoms with E-state index in [-0.39, 0.29) is 36.3 Å². The Hall–Kier alpha value is -2.42. The average Bonchev–Trinajstić information content (AvgIpc) is 2.70. The van der Waals surface area contributed by atoms with Crippen LogP contribution in [0.3, 0.4) is 0 Å². The maximum absolute atomic E-state index is 11.7. The molecule has 1 aromatic rings. The van der Waals surface area contributed by atoms with Crippen molar-refractivity contribution in [1.29, 1.82) is 0 Å². The first kappa shape index (κ1) is 11.1. The normalized spacial score (nSPS) is 19.1. The molecule has 0 aliphatic carbocycles. The van der Waals surface area contributed by atoms with E-state index < -0.39 is 5.97 Å². The fourth-order valence-corrected chi connectivity index (χ4v) is 1.70. The minimum Gasteiger partial charge on any atom is -0.476 e. The largest absolute Gasteiger partial charge is 0.476 e. The van der Waals surface area contributed by atoms with E-state index in [9.17, 15) is 9.59 Å². The average molecular weight is 231 g/mol. The molecule has 1 unspecified atom stereocenters. The number of carbonyl (C=O) groups is 2. The topological polar surface area (TPSA) is 83.4 Å². The summed E-state index contributed by atoms with van der Waals surface area (Å²) < 4.78 is 0. The molecule has 0 saturated carbocycles. The minimum atomic E-state index is -1.22. The van der Waals surface area contributed by atoms with Crippen molar-refractivity contribution in [2.45, 2.75) is 6.42 Å². The second kappa shape index (κ2) is 4.22. The Bertz CT molecular complexity index is 521. The lowest BCUT2D eigenvalue weighted by atomic mass is 10.1. The standard InChI is InChI=1S/C11H9N3O3/c1-2-7-5-8(15)14(6-7)10-9(11(16)17)12-3-4-13-10/h1,3-4,7H,5-6H2,(H,16,17). The number of hydrogen-bond donors (Lipinski definition) is 1. The quantitative estimate of drug-likeness (QED) is 0.733. The summed E-state index contributed by atoms with van der Waals surface area (Å²) in [5, 5.41) is 8.95. The minimum absolute atomic E-state index is 0.0581. The number of nitrogens with zero attached hydrogens (tertiary/aromatic N) is 3. The van der Waals surface area contributed by atoms with E-state index >= 15 is 0 Å². The van der Waals surface area contributed by atoms with Crippen molar-refractivity contribution in [3.05, 3.63) is 18.1 Å². The molecule has 1 saturated heterocycles. The van der Waals surface area contributed by atoms with Gasteiger partial charge in [-0.3, -0.25) is 9.69 Å². The third-order valence-electron chi connectivity index (χ3n) is 2.50. The molecule has 1 aromatic heterocycles. The highest BCUT2D eigenvalue weighted by Gasteiger charge is 2.33. The molecule has 1 atom stereocenters. The number of carbonyl (C=O) groups excluding carboxylic acids is 1. The summed E-state index contributed by atoms with van der Waals surface area (Å²) in [6, 6.07) is 0. The van der Waals surface area contributed by atoms with Gasteiger partial charge < -0.3 is 5.11 Å². The van der Waals surface area contributed by atoms with Gasteiger partial charge in [0.25, 0.3) is 0 Å². The molecule has 86 valence electrons. The van der Waals surface area contributed by atoms with Crippen molar-refractivity contribution in [1.82, 2.24) is 9.97 Å². The number of hydrogen-bond acceptors (Lipinski definition) is 4. The van der Waals surface area contributed by atoms with Gasteiger partial charge in [0.05, 0.1) is 0 Å². The van der Waals surface area contributed by atoms with Crippen LogP contribution in [0.5, 0.6) is 0 Å². The zero-order valence-electron chi connectivity index (χ0n) is 8.83. The SMILES string of the molecule is C#CC1CC(=O)N(c2nccnc2C(=O)O)C1. The lowest BCUT2D eigenvalue weighted by Crippen LogP contribution is -2.28. The van der Waals surface area contributed by atoms with Crippen LogP contribution >= 0.6 is 0 Å². The van der Waals surface area contributed by atoms with E-state index in [1.807, 2.05) is 0 Å². The van der Waals surface area contributed by atoms with Gasteiger partial charge in [0.1, 0.15) is 0 Å². The van der Waals surface area contributed by atoms with E-state index in [1.165, 1.54) is 17.3 Å². The Morgan fingerprint density at radius 3 is 2.82 bits per heavy atom. The van der Waals surface area contributed by atoms with Crippen molar-refractivity contribution in [2.24, 2.45) is 5.92 Å². The van der Waals surface area contributed by atoms with Crippen LogP contribution in [0.15, 0.2) is 12.4 Å². The first-order chi connectivity index (χ1) is 8.13. The van der Waals surface area contributed by atoms with E-state index in [0.717, 1.165) is 0 Å². The molecule has 0 aromatic carbocycles. The highest BCUT2D eigenvalue weighted by atomic mass is 16.4. The molecule has 0 bridgehead atoms. The molecule has 0 spiro atoms. The number of anilines is 1. The zero-order chi connectivity index (χ0) is 12.4. The molecule has 2 rings (SSSR count). The Morgan fingerprint density at radius 1 is 1.53 bits per heavy atom. The molecule has 6 nitrogen and oxygen atoms in total. The van der Waals surface area contributed by atoms with E-state index in [2.05, 4.69) is 15.9 Å². The Morgan fingerprint density at radius 2 is 2.24 bits per heavy atom. The molecule has 1 aliphatic heterocycles. The molecule has 0 radical (unpaired) electrons. The fraction of sp³-hybridized carbons (Fsp3) is 0.273. The monoisotopic (exact) mass is 231 g/mol. The van der Waals surface area contributed by atoms with Gasteiger partial charge in [-0.2, -0.15) is 0 Å². The molecular weight excluding hydrogens is 222 g/mol. The molecular formula is C11H9N3O3. The number of terminal acetylenes is 1. The van der Waals surface area contributed by atoms with Crippen LogP contribution in [0.2, 0.25) is 0 Å². The van der Waals surface area contributed by atoms with Gasteiger partial charge in [0.2, 0.25) is 5.91 Å². The zero-order valence-corrected chi connectivity index (χ0v) is 8.83. The van der Waals surface area contributed by atoms with Crippen LogP contribution in [0.4, 0.5) is 5.82 Å². The first-order valence-electron chi connectivity index (χ1n) is 4.94. The van der Waals surface area contributed by atoms with Crippen LogP contribution < -0.4 is 4.90 Å². The van der Waals surface area contributed by atoms with Crippen molar-refractivity contribution in [3.63, 3.8) is 0 Å². The Kier molecular flexibility index (Phi) is 2.75. The van der Waals surface area contributed by atoms with E-state index in [0.29, 0.717) is 0 Å². The molecule has 17 heavy (non-hydrogen) atoms. The molecule has 1 N–H and O–H groups in total. The Labute approximate surface area is 97.3 Å². The van der Waals surface area contributed by atoms with Gasteiger partial charge in [-0.15, -0.1) is 12.3 Å². The van der Waals surface area contributed by atoms with Crippen LogP contribution in [0, 0.1) is 18.3 Å². The second-order valence-corrected chi connectivity index (χ2v) is 3.61. The van der Waals surface area contributed by atoms with Gasteiger partial charge in [-0.05, 0) is 0 Å². The summed E-state index contributed by atoms with van der Waals surface area (Å²) in [6.07, 6.45) is 8.08. The summed E-state index contributed by atoms with van der Waals surface area (Å²) in [5.74, 6) is 0.897. The van der Waals surface area contributed by atoms with E-state index in [4.69, 9.17) is 11.5 Å². The maximum Gasteiger partial charge on any atom is 0.358 e. The second-order valence-electron chi connectivity index (χ2n) is 3.61. The highest BCUT2D eigenvalue weighted by Crippen LogP contribution is 2.24. The van der Waals surface area contributed by atoms with Crippen LogP contribution in [-0.2, 0) is 4.79 Å². The summed E-state index contributed by atoms with van der Waals surface area (Å²) in [4.78, 5) is 31.5. The molecule has 1 fully saturated rings. The molecule has 1 aliphatic rings. The van der Waals surface area contributed by atoms with Gasteiger partial charge in [0.15, 0.2) is 11.5 Å². The third-order valence-corrected chi connectivity index (χ3v) is 2.50. The fourth-order valence-electron chi connectivity index (χ4n) is 1.70. The number of aromatic nitrogens is 2. The smallest absolute Gasteiger partial charge is 0.358 e. The molecule has 6 heteroatoms. The summed E-state index contributed by atoms with van der Waals surface area (Å²) in [5.41, 5.74) is -0.237. The predicted octanol–water partition coefficient (Wildman–Crippen LogP) is 0.161. The first-order valence-corrected chi connectivity index (χ1v) is 4.94. The van der Waals surface area contributed by atoms with Crippen molar-refractivity contribution >= 4 is 17.7 Å².